The van der Waals surface area contributed by atoms with Crippen molar-refractivity contribution in [2.75, 3.05) is 5.32 Å². The van der Waals surface area contributed by atoms with Crippen molar-refractivity contribution < 1.29 is 9.21 Å². The molecule has 0 bridgehead atoms. The Morgan fingerprint density at radius 1 is 1.00 bits per heavy atom. The molecule has 4 rings (SSSR count). The summed E-state index contributed by atoms with van der Waals surface area (Å²) in [7, 11) is 0. The van der Waals surface area contributed by atoms with Crippen LogP contribution in [-0.2, 0) is 0 Å². The van der Waals surface area contributed by atoms with E-state index in [4.69, 9.17) is 4.42 Å². The second kappa shape index (κ2) is 5.96. The van der Waals surface area contributed by atoms with Gasteiger partial charge in [-0.25, -0.2) is 4.98 Å². The lowest BCUT2D eigenvalue weighted by Crippen LogP contribution is -2.12. The van der Waals surface area contributed by atoms with Crippen LogP contribution in [0, 0.1) is 0 Å². The number of para-hydroxylation sites is 1. The van der Waals surface area contributed by atoms with Gasteiger partial charge in [-0.1, -0.05) is 30.3 Å². The summed E-state index contributed by atoms with van der Waals surface area (Å²) in [5.74, 6) is 0.484. The lowest BCUT2D eigenvalue weighted by Gasteiger charge is -2.08. The number of fused-ring (bicyclic) bond motifs is 1. The van der Waals surface area contributed by atoms with Gasteiger partial charge in [0.1, 0.15) is 0 Å². The number of rotatable bonds is 3. The van der Waals surface area contributed by atoms with Gasteiger partial charge in [-0.15, -0.1) is 0 Å². The fraction of sp³-hybridized carbons (Fsp3) is 0. The lowest BCUT2D eigenvalue weighted by molar-refractivity contribution is 0.102. The zero-order valence-corrected chi connectivity index (χ0v) is 12.6. The Kier molecular flexibility index (Phi) is 3.51. The second-order valence-electron chi connectivity index (χ2n) is 5.28. The first-order valence-electron chi connectivity index (χ1n) is 7.45. The first kappa shape index (κ1) is 14.1. The van der Waals surface area contributed by atoms with Crippen molar-refractivity contribution in [1.29, 1.82) is 0 Å². The number of pyridine rings is 1. The molecule has 0 radical (unpaired) electrons. The van der Waals surface area contributed by atoms with Gasteiger partial charge < -0.3 is 9.73 Å². The number of oxazole rings is 1. The predicted octanol–water partition coefficient (Wildman–Crippen LogP) is 4.14. The van der Waals surface area contributed by atoms with Crippen LogP contribution < -0.4 is 5.32 Å². The molecule has 116 valence electrons. The molecule has 24 heavy (non-hydrogen) atoms. The third kappa shape index (κ3) is 2.63. The lowest BCUT2D eigenvalue weighted by atomic mass is 10.1. The number of aromatic nitrogens is 2. The molecule has 2 aromatic heterocycles. The fourth-order valence-corrected chi connectivity index (χ4v) is 2.54. The second-order valence-corrected chi connectivity index (χ2v) is 5.28. The molecule has 0 unspecified atom stereocenters. The molecule has 4 aromatic rings. The highest BCUT2D eigenvalue weighted by Crippen LogP contribution is 2.22. The Hall–Kier alpha value is -3.47. The molecule has 5 heteroatoms. The van der Waals surface area contributed by atoms with E-state index in [0.29, 0.717) is 17.0 Å². The van der Waals surface area contributed by atoms with Crippen molar-refractivity contribution in [2.24, 2.45) is 0 Å². The molecule has 0 aliphatic rings. The third-order valence-electron chi connectivity index (χ3n) is 3.74. The molecular formula is C19H13N3O2. The smallest absolute Gasteiger partial charge is 0.255 e. The number of hydrogen-bond acceptors (Lipinski definition) is 4. The van der Waals surface area contributed by atoms with Gasteiger partial charge in [0.15, 0.2) is 12.2 Å². The van der Waals surface area contributed by atoms with Crippen molar-refractivity contribution in [3.8, 4) is 11.3 Å². The molecule has 0 saturated heterocycles. The maximum absolute atomic E-state index is 12.5. The molecule has 0 aliphatic carbocycles. The molecule has 5 nitrogen and oxygen atoms in total. The Balaban J connectivity index is 1.60. The number of carbonyl (C=O) groups excluding carboxylic acids is 1. The number of anilines is 1. The van der Waals surface area contributed by atoms with Crippen LogP contribution in [0.25, 0.3) is 22.2 Å². The van der Waals surface area contributed by atoms with E-state index < -0.39 is 0 Å². The summed E-state index contributed by atoms with van der Waals surface area (Å²) in [6.45, 7) is 0. The van der Waals surface area contributed by atoms with Gasteiger partial charge in [-0.2, -0.15) is 0 Å². The number of amides is 1. The molecule has 0 atom stereocenters. The highest BCUT2D eigenvalue weighted by atomic mass is 16.3. The van der Waals surface area contributed by atoms with Crippen LogP contribution in [0.2, 0.25) is 0 Å². The number of benzene rings is 2. The molecule has 0 saturated carbocycles. The topological polar surface area (TPSA) is 68.0 Å². The van der Waals surface area contributed by atoms with Gasteiger partial charge in [0.25, 0.3) is 5.91 Å². The van der Waals surface area contributed by atoms with E-state index >= 15 is 0 Å². The number of nitrogens with one attached hydrogen (secondary N) is 1. The molecule has 0 spiro atoms. The van der Waals surface area contributed by atoms with Gasteiger partial charge in [-0.05, 0) is 24.3 Å². The summed E-state index contributed by atoms with van der Waals surface area (Å²) in [5, 5.41) is 3.90. The van der Waals surface area contributed by atoms with Crippen LogP contribution in [0.4, 0.5) is 5.69 Å². The van der Waals surface area contributed by atoms with Crippen LogP contribution in [0.15, 0.2) is 77.8 Å². The van der Waals surface area contributed by atoms with Crippen LogP contribution in [0.5, 0.6) is 0 Å². The van der Waals surface area contributed by atoms with Gasteiger partial charge in [0.2, 0.25) is 0 Å². The summed E-state index contributed by atoms with van der Waals surface area (Å²) in [6, 6.07) is 16.7. The van der Waals surface area contributed by atoms with Gasteiger partial charge in [-0.3, -0.25) is 9.78 Å². The molecular weight excluding hydrogens is 302 g/mol. The summed E-state index contributed by atoms with van der Waals surface area (Å²) in [6.07, 6.45) is 4.73. The molecule has 2 aromatic carbocycles. The summed E-state index contributed by atoms with van der Waals surface area (Å²) >= 11 is 0. The minimum Gasteiger partial charge on any atom is -0.444 e. The van der Waals surface area contributed by atoms with E-state index in [-0.39, 0.29) is 5.91 Å². The largest absolute Gasteiger partial charge is 0.444 e. The zero-order valence-electron chi connectivity index (χ0n) is 12.6. The summed E-state index contributed by atoms with van der Waals surface area (Å²) in [4.78, 5) is 20.7. The van der Waals surface area contributed by atoms with Crippen LogP contribution in [0.1, 0.15) is 10.4 Å². The van der Waals surface area contributed by atoms with Crippen molar-refractivity contribution in [2.45, 2.75) is 0 Å². The number of carbonyl (C=O) groups is 1. The quantitative estimate of drug-likeness (QED) is 0.617. The predicted molar refractivity (Wildman–Crippen MR) is 91.6 cm³/mol. The normalized spacial score (nSPS) is 10.7. The number of nitrogens with zero attached hydrogens (tertiary/aromatic N) is 2. The average molecular weight is 315 g/mol. The minimum atomic E-state index is -0.183. The Bertz CT molecular complexity index is 987. The van der Waals surface area contributed by atoms with Gasteiger partial charge in [0.05, 0.1) is 17.4 Å². The standard InChI is InChI=1S/C19H13N3O2/c23-19(15-8-6-13(7-9-15)17-11-20-12-24-17)22-16-5-1-3-14-4-2-10-21-18(14)16/h1-12H,(H,22,23). The van der Waals surface area contributed by atoms with Crippen molar-refractivity contribution in [3.05, 3.63) is 78.9 Å². The van der Waals surface area contributed by atoms with Crippen molar-refractivity contribution in [3.63, 3.8) is 0 Å². The van der Waals surface area contributed by atoms with Gasteiger partial charge in [0, 0.05) is 22.7 Å². The monoisotopic (exact) mass is 315 g/mol. The van der Waals surface area contributed by atoms with E-state index in [0.717, 1.165) is 16.5 Å². The van der Waals surface area contributed by atoms with E-state index in [9.17, 15) is 4.79 Å². The highest BCUT2D eigenvalue weighted by Gasteiger charge is 2.10. The Morgan fingerprint density at radius 2 is 1.83 bits per heavy atom. The maximum Gasteiger partial charge on any atom is 0.255 e. The van der Waals surface area contributed by atoms with E-state index in [1.165, 1.54) is 6.39 Å². The summed E-state index contributed by atoms with van der Waals surface area (Å²) in [5.41, 5.74) is 2.89. The van der Waals surface area contributed by atoms with Crippen molar-refractivity contribution in [1.82, 2.24) is 9.97 Å². The van der Waals surface area contributed by atoms with Crippen LogP contribution in [-0.4, -0.2) is 15.9 Å². The SMILES string of the molecule is O=C(Nc1cccc2cccnc12)c1ccc(-c2cnco2)cc1. The number of hydrogen-bond donors (Lipinski definition) is 1. The van der Waals surface area contributed by atoms with Gasteiger partial charge >= 0.3 is 0 Å². The third-order valence-corrected chi connectivity index (χ3v) is 3.74. The molecule has 0 fully saturated rings. The Labute approximate surface area is 138 Å². The molecule has 0 aliphatic heterocycles. The van der Waals surface area contributed by atoms with E-state index in [2.05, 4.69) is 15.3 Å². The first-order valence-corrected chi connectivity index (χ1v) is 7.45. The molecule has 2 heterocycles. The van der Waals surface area contributed by atoms with Crippen LogP contribution >= 0.6 is 0 Å². The van der Waals surface area contributed by atoms with E-state index in [1.54, 1.807) is 24.5 Å². The fourth-order valence-electron chi connectivity index (χ4n) is 2.54. The van der Waals surface area contributed by atoms with Crippen molar-refractivity contribution >= 4 is 22.5 Å². The average Bonchev–Trinajstić information content (AvgIpc) is 3.17. The zero-order chi connectivity index (χ0) is 16.4. The molecule has 1 amide bonds. The maximum atomic E-state index is 12.5. The highest BCUT2D eigenvalue weighted by molar-refractivity contribution is 6.08. The van der Waals surface area contributed by atoms with Crippen LogP contribution in [0.3, 0.4) is 0 Å². The Morgan fingerprint density at radius 3 is 2.62 bits per heavy atom. The first-order chi connectivity index (χ1) is 11.8. The minimum absolute atomic E-state index is 0.183. The van der Waals surface area contributed by atoms with E-state index in [1.807, 2.05) is 42.5 Å². The molecule has 1 N–H and O–H groups in total. The summed E-state index contributed by atoms with van der Waals surface area (Å²) < 4.78 is 5.24.